The third-order valence-corrected chi connectivity index (χ3v) is 6.66. The molecule has 0 fully saturated rings. The Hall–Kier alpha value is -4.58. The lowest BCUT2D eigenvalue weighted by atomic mass is 10.1. The van der Waals surface area contributed by atoms with E-state index in [9.17, 15) is 17.6 Å². The van der Waals surface area contributed by atoms with Crippen LogP contribution in [-0.2, 0) is 16.4 Å². The van der Waals surface area contributed by atoms with Gasteiger partial charge in [0.15, 0.2) is 5.03 Å². The number of hydrogen-bond acceptors (Lipinski definition) is 9. The summed E-state index contributed by atoms with van der Waals surface area (Å²) in [5.41, 5.74) is 6.87. The van der Waals surface area contributed by atoms with Crippen molar-refractivity contribution in [2.45, 2.75) is 25.3 Å². The van der Waals surface area contributed by atoms with E-state index in [0.29, 0.717) is 30.0 Å². The van der Waals surface area contributed by atoms with E-state index in [1.54, 1.807) is 18.3 Å². The van der Waals surface area contributed by atoms with Crippen LogP contribution < -0.4 is 19.9 Å². The summed E-state index contributed by atoms with van der Waals surface area (Å²) in [6.45, 7) is 4.43. The van der Waals surface area contributed by atoms with Crippen LogP contribution >= 0.6 is 0 Å². The van der Waals surface area contributed by atoms with Crippen LogP contribution in [0.1, 0.15) is 32.8 Å². The molecule has 1 amide bonds. The molecule has 40 heavy (non-hydrogen) atoms. The predicted molar refractivity (Wildman–Crippen MR) is 151 cm³/mol. The van der Waals surface area contributed by atoms with E-state index < -0.39 is 26.8 Å². The van der Waals surface area contributed by atoms with Crippen LogP contribution in [0.15, 0.2) is 78.0 Å². The number of nitrogens with two attached hydrogens (primary N) is 1. The van der Waals surface area contributed by atoms with Crippen LogP contribution in [-0.4, -0.2) is 42.5 Å². The van der Waals surface area contributed by atoms with Crippen molar-refractivity contribution >= 4 is 21.7 Å². The van der Waals surface area contributed by atoms with Crippen molar-refractivity contribution in [3.05, 3.63) is 90.0 Å². The second-order valence-electron chi connectivity index (χ2n) is 9.18. The Kier molecular flexibility index (Phi) is 8.90. The van der Waals surface area contributed by atoms with Crippen molar-refractivity contribution in [3.8, 4) is 22.9 Å². The first kappa shape index (κ1) is 28.4. The SMILES string of the molecule is CC(C)COc1cc(F)cc(-c2ccc(C(=O)NS(=O)(=O)c3cccc(N)n3)c(OCCc3ccccn3)n2)c1.[HH].[HH]. The van der Waals surface area contributed by atoms with E-state index in [2.05, 4.69) is 15.0 Å². The van der Waals surface area contributed by atoms with Crippen molar-refractivity contribution in [2.24, 2.45) is 5.92 Å². The van der Waals surface area contributed by atoms with Gasteiger partial charge in [-0.15, -0.1) is 0 Å². The first-order chi connectivity index (χ1) is 19.1. The van der Waals surface area contributed by atoms with E-state index >= 15 is 0 Å². The van der Waals surface area contributed by atoms with Gasteiger partial charge < -0.3 is 15.2 Å². The molecule has 0 radical (unpaired) electrons. The van der Waals surface area contributed by atoms with E-state index in [-0.39, 0.29) is 32.6 Å². The fourth-order valence-electron chi connectivity index (χ4n) is 3.55. The Labute approximate surface area is 234 Å². The molecule has 0 spiro atoms. The van der Waals surface area contributed by atoms with E-state index in [0.717, 1.165) is 5.69 Å². The monoisotopic (exact) mass is 569 g/mol. The molecule has 0 aliphatic heterocycles. The summed E-state index contributed by atoms with van der Waals surface area (Å²) < 4.78 is 53.5. The van der Waals surface area contributed by atoms with Crippen LogP contribution in [0.4, 0.5) is 10.2 Å². The van der Waals surface area contributed by atoms with Crippen LogP contribution in [0.3, 0.4) is 0 Å². The summed E-state index contributed by atoms with van der Waals surface area (Å²) in [5.74, 6) is -1.12. The highest BCUT2D eigenvalue weighted by atomic mass is 32.2. The lowest BCUT2D eigenvalue weighted by Gasteiger charge is -2.14. The van der Waals surface area contributed by atoms with Gasteiger partial charge in [-0.25, -0.2) is 19.1 Å². The van der Waals surface area contributed by atoms with Gasteiger partial charge in [0.2, 0.25) is 5.88 Å². The molecule has 212 valence electrons. The van der Waals surface area contributed by atoms with Gasteiger partial charge in [-0.3, -0.25) is 9.78 Å². The van der Waals surface area contributed by atoms with Crippen molar-refractivity contribution in [1.29, 1.82) is 0 Å². The van der Waals surface area contributed by atoms with Crippen molar-refractivity contribution in [3.63, 3.8) is 0 Å². The normalized spacial score (nSPS) is 11.3. The summed E-state index contributed by atoms with van der Waals surface area (Å²) in [7, 11) is -4.35. The lowest BCUT2D eigenvalue weighted by Crippen LogP contribution is -2.31. The fraction of sp³-hybridized carbons (Fsp3) is 0.214. The van der Waals surface area contributed by atoms with Crippen molar-refractivity contribution in [1.82, 2.24) is 19.7 Å². The molecule has 4 rings (SSSR count). The Morgan fingerprint density at radius 1 is 1.05 bits per heavy atom. The topological polar surface area (TPSA) is 146 Å². The third kappa shape index (κ3) is 7.50. The first-order valence-corrected chi connectivity index (χ1v) is 13.9. The molecule has 10 nitrogen and oxygen atoms in total. The molecule has 0 saturated heterocycles. The number of sulfonamides is 1. The average molecular weight is 570 g/mol. The standard InChI is InChI=1S/C28H28FN5O5S.2H2/c1-18(2)17-39-22-15-19(14-20(29)16-22)24-10-9-23(28(32-24)38-13-11-21-6-3-4-12-31-21)27(35)34-40(36,37)26-8-5-7-25(30)33-26;;/h3-10,12,14-16,18H,11,13,17H2,1-2H3,(H2,30,33)(H,34,35);2*1H. The number of ether oxygens (including phenoxy) is 2. The Bertz CT molecular complexity index is 1610. The molecule has 0 atom stereocenters. The number of anilines is 1. The number of nitrogen functional groups attached to an aromatic ring is 1. The maximum Gasteiger partial charge on any atom is 0.281 e. The van der Waals surface area contributed by atoms with Gasteiger partial charge >= 0.3 is 0 Å². The quantitative estimate of drug-likeness (QED) is 0.266. The number of amides is 1. The van der Waals surface area contributed by atoms with Gasteiger partial charge in [-0.05, 0) is 54.4 Å². The van der Waals surface area contributed by atoms with Crippen molar-refractivity contribution in [2.75, 3.05) is 18.9 Å². The lowest BCUT2D eigenvalue weighted by molar-refractivity contribution is 0.0976. The fourth-order valence-corrected chi connectivity index (χ4v) is 4.49. The van der Waals surface area contributed by atoms with Crippen LogP contribution in [0.25, 0.3) is 11.3 Å². The predicted octanol–water partition coefficient (Wildman–Crippen LogP) is 4.53. The number of hydrogen-bond donors (Lipinski definition) is 2. The van der Waals surface area contributed by atoms with E-state index in [1.807, 2.05) is 30.7 Å². The molecular weight excluding hydrogens is 537 g/mol. The summed E-state index contributed by atoms with van der Waals surface area (Å²) in [4.78, 5) is 25.6. The molecule has 0 saturated carbocycles. The minimum absolute atomic E-state index is 0. The number of carbonyl (C=O) groups excluding carboxylic acids is 1. The van der Waals surface area contributed by atoms with E-state index in [1.165, 1.54) is 42.5 Å². The van der Waals surface area contributed by atoms with Gasteiger partial charge in [0.05, 0.1) is 18.9 Å². The van der Waals surface area contributed by atoms with Gasteiger partial charge in [0, 0.05) is 32.8 Å². The van der Waals surface area contributed by atoms with Gasteiger partial charge in [-0.1, -0.05) is 26.0 Å². The molecule has 0 bridgehead atoms. The minimum Gasteiger partial charge on any atom is -0.493 e. The summed E-state index contributed by atoms with van der Waals surface area (Å²) >= 11 is 0. The Balaban J connectivity index is 0.00000308. The minimum atomic E-state index is -4.35. The number of pyridine rings is 3. The average Bonchev–Trinajstić information content (AvgIpc) is 2.92. The van der Waals surface area contributed by atoms with Crippen LogP contribution in [0.2, 0.25) is 0 Å². The van der Waals surface area contributed by atoms with Crippen molar-refractivity contribution < 1.29 is 29.9 Å². The molecule has 12 heteroatoms. The highest BCUT2D eigenvalue weighted by Crippen LogP contribution is 2.28. The molecule has 3 N–H and O–H groups in total. The number of nitrogens with zero attached hydrogens (tertiary/aromatic N) is 3. The van der Waals surface area contributed by atoms with Gasteiger partial charge in [0.1, 0.15) is 22.9 Å². The zero-order valence-corrected chi connectivity index (χ0v) is 22.7. The van der Waals surface area contributed by atoms with Crippen LogP contribution in [0, 0.1) is 11.7 Å². The summed E-state index contributed by atoms with van der Waals surface area (Å²) in [6.07, 6.45) is 2.04. The zero-order valence-electron chi connectivity index (χ0n) is 21.9. The van der Waals surface area contributed by atoms with E-state index in [4.69, 9.17) is 15.2 Å². The molecule has 1 aromatic carbocycles. The Morgan fingerprint density at radius 2 is 1.88 bits per heavy atom. The highest BCUT2D eigenvalue weighted by Gasteiger charge is 2.24. The molecular formula is C28H32FN5O5S. The number of halogens is 1. The smallest absolute Gasteiger partial charge is 0.281 e. The molecule has 0 unspecified atom stereocenters. The maximum absolute atomic E-state index is 14.4. The number of rotatable bonds is 11. The number of benzene rings is 1. The number of nitrogens with one attached hydrogen (secondary N) is 1. The van der Waals surface area contributed by atoms with Crippen LogP contribution in [0.5, 0.6) is 11.6 Å². The molecule has 3 heterocycles. The Morgan fingerprint density at radius 3 is 2.60 bits per heavy atom. The molecule has 0 aliphatic rings. The number of carbonyl (C=O) groups is 1. The second kappa shape index (κ2) is 12.5. The molecule has 3 aromatic heterocycles. The third-order valence-electron chi connectivity index (χ3n) is 5.43. The summed E-state index contributed by atoms with van der Waals surface area (Å²) in [6, 6.07) is 16.5. The van der Waals surface area contributed by atoms with Gasteiger partial charge in [0.25, 0.3) is 15.9 Å². The molecule has 0 aliphatic carbocycles. The maximum atomic E-state index is 14.4. The van der Waals surface area contributed by atoms with Gasteiger partial charge in [-0.2, -0.15) is 8.42 Å². The summed E-state index contributed by atoms with van der Waals surface area (Å²) in [5, 5.41) is -0.420. The first-order valence-electron chi connectivity index (χ1n) is 12.4. The molecule has 4 aromatic rings. The second-order valence-corrected chi connectivity index (χ2v) is 10.8. The largest absolute Gasteiger partial charge is 0.493 e. The highest BCUT2D eigenvalue weighted by molar-refractivity contribution is 7.90. The zero-order chi connectivity index (χ0) is 28.7. The number of aromatic nitrogens is 3.